The Morgan fingerprint density at radius 2 is 1.59 bits per heavy atom. The second-order valence-corrected chi connectivity index (χ2v) is 8.79. The van der Waals surface area contributed by atoms with Crippen molar-refractivity contribution >= 4 is 18.0 Å². The van der Waals surface area contributed by atoms with Gasteiger partial charge in [-0.2, -0.15) is 0 Å². The van der Waals surface area contributed by atoms with Crippen molar-refractivity contribution in [2.75, 3.05) is 13.2 Å². The Morgan fingerprint density at radius 1 is 0.971 bits per heavy atom. The van der Waals surface area contributed by atoms with Crippen molar-refractivity contribution in [2.24, 2.45) is 5.92 Å². The fourth-order valence-electron chi connectivity index (χ4n) is 4.46. The quantitative estimate of drug-likeness (QED) is 0.421. The van der Waals surface area contributed by atoms with Gasteiger partial charge >= 0.3 is 12.1 Å². The average molecular weight is 467 g/mol. The van der Waals surface area contributed by atoms with Crippen LogP contribution in [0.1, 0.15) is 63.0 Å². The lowest BCUT2D eigenvalue weighted by atomic mass is 9.98. The molecule has 1 aliphatic carbocycles. The number of amides is 2. The van der Waals surface area contributed by atoms with Gasteiger partial charge in [0.05, 0.1) is 0 Å². The number of ether oxygens (including phenoxy) is 1. The molecule has 2 amide bonds. The van der Waals surface area contributed by atoms with Crippen molar-refractivity contribution in [2.45, 2.75) is 57.9 Å². The Kier molecular flexibility index (Phi) is 9.08. The lowest BCUT2D eigenvalue weighted by molar-refractivity contribution is -0.137. The number of aliphatic carboxylic acids is 1. The summed E-state index contributed by atoms with van der Waals surface area (Å²) in [5, 5.41) is 14.6. The molecule has 0 radical (unpaired) electrons. The molecule has 0 spiro atoms. The molecule has 0 saturated heterocycles. The van der Waals surface area contributed by atoms with Crippen molar-refractivity contribution < 1.29 is 24.2 Å². The van der Waals surface area contributed by atoms with E-state index in [9.17, 15) is 14.4 Å². The first-order chi connectivity index (χ1) is 16.4. The molecule has 182 valence electrons. The lowest BCUT2D eigenvalue weighted by Gasteiger charge is -2.20. The first kappa shape index (κ1) is 25.3. The molecule has 0 heterocycles. The van der Waals surface area contributed by atoms with Crippen molar-refractivity contribution in [3.8, 4) is 11.1 Å². The Hall–Kier alpha value is -3.35. The topological polar surface area (TPSA) is 105 Å². The molecule has 0 aliphatic heterocycles. The maximum absolute atomic E-state index is 12.4. The first-order valence-electron chi connectivity index (χ1n) is 12.0. The number of fused-ring (bicyclic) bond motifs is 3. The summed E-state index contributed by atoms with van der Waals surface area (Å²) in [7, 11) is 0. The summed E-state index contributed by atoms with van der Waals surface area (Å²) in [5.41, 5.74) is 4.68. The van der Waals surface area contributed by atoms with E-state index in [2.05, 4.69) is 34.9 Å². The van der Waals surface area contributed by atoms with Gasteiger partial charge in [-0.15, -0.1) is 0 Å². The third-order valence-corrected chi connectivity index (χ3v) is 6.49. The predicted molar refractivity (Wildman–Crippen MR) is 131 cm³/mol. The molecular weight excluding hydrogens is 432 g/mol. The van der Waals surface area contributed by atoms with Crippen molar-refractivity contribution in [1.82, 2.24) is 10.6 Å². The number of hydrogen-bond acceptors (Lipinski definition) is 4. The summed E-state index contributed by atoms with van der Waals surface area (Å²) in [4.78, 5) is 35.6. The molecule has 3 N–H and O–H groups in total. The molecule has 2 atom stereocenters. The maximum atomic E-state index is 12.4. The number of carboxylic acids is 1. The predicted octanol–water partition coefficient (Wildman–Crippen LogP) is 4.70. The number of carbonyl (C=O) groups is 3. The Bertz CT molecular complexity index is 961. The van der Waals surface area contributed by atoms with E-state index in [4.69, 9.17) is 9.84 Å². The van der Waals surface area contributed by atoms with Crippen molar-refractivity contribution in [1.29, 1.82) is 0 Å². The number of alkyl carbamates (subject to hydrolysis) is 1. The molecule has 7 heteroatoms. The summed E-state index contributed by atoms with van der Waals surface area (Å²) in [6.07, 6.45) is 1.61. The zero-order valence-corrected chi connectivity index (χ0v) is 19.9. The maximum Gasteiger partial charge on any atom is 0.407 e. The fourth-order valence-corrected chi connectivity index (χ4v) is 4.46. The summed E-state index contributed by atoms with van der Waals surface area (Å²) in [5.74, 6) is -1.02. The van der Waals surface area contributed by atoms with Crippen molar-refractivity contribution in [3.05, 3.63) is 59.7 Å². The highest BCUT2D eigenvalue weighted by Gasteiger charge is 2.29. The summed E-state index contributed by atoms with van der Waals surface area (Å²) in [6.45, 7) is 4.48. The molecule has 34 heavy (non-hydrogen) atoms. The van der Waals surface area contributed by atoms with Crippen LogP contribution >= 0.6 is 0 Å². The van der Waals surface area contributed by atoms with Crippen LogP contribution < -0.4 is 10.6 Å². The minimum Gasteiger partial charge on any atom is -0.481 e. The fraction of sp³-hybridized carbons (Fsp3) is 0.444. The van der Waals surface area contributed by atoms with Crippen LogP contribution in [0.3, 0.4) is 0 Å². The molecule has 0 bridgehead atoms. The van der Waals surface area contributed by atoms with Gasteiger partial charge in [-0.3, -0.25) is 9.59 Å². The van der Waals surface area contributed by atoms with Gasteiger partial charge in [-0.1, -0.05) is 68.8 Å². The van der Waals surface area contributed by atoms with E-state index in [1.54, 1.807) is 0 Å². The van der Waals surface area contributed by atoms with Crippen LogP contribution in [0.4, 0.5) is 4.79 Å². The van der Waals surface area contributed by atoms with Crippen LogP contribution in [0, 0.1) is 5.92 Å². The largest absolute Gasteiger partial charge is 0.481 e. The molecule has 0 aromatic heterocycles. The second kappa shape index (κ2) is 12.2. The van der Waals surface area contributed by atoms with E-state index in [1.165, 1.54) is 11.1 Å². The number of carbonyl (C=O) groups excluding carboxylic acids is 2. The minimum atomic E-state index is -0.869. The zero-order chi connectivity index (χ0) is 24.5. The van der Waals surface area contributed by atoms with Crippen molar-refractivity contribution in [3.63, 3.8) is 0 Å². The molecule has 2 aromatic carbocycles. The second-order valence-electron chi connectivity index (χ2n) is 8.79. The molecule has 1 aliphatic rings. The summed E-state index contributed by atoms with van der Waals surface area (Å²) in [6, 6.07) is 16.2. The molecule has 0 saturated carbocycles. The monoisotopic (exact) mass is 466 g/mol. The van der Waals surface area contributed by atoms with E-state index in [0.29, 0.717) is 19.4 Å². The van der Waals surface area contributed by atoms with E-state index >= 15 is 0 Å². The Balaban J connectivity index is 1.47. The number of nitrogens with one attached hydrogen (secondary N) is 2. The SMILES string of the molecule is CCC(CNC(=O)OCC1c2ccccc2-c2ccccc21)CC(=O)NC(CC)CCC(=O)O. The number of benzene rings is 2. The van der Waals surface area contributed by atoms with E-state index in [0.717, 1.165) is 17.5 Å². The molecule has 2 unspecified atom stereocenters. The highest BCUT2D eigenvalue weighted by atomic mass is 16.5. The van der Waals surface area contributed by atoms with Crippen LogP contribution in [-0.2, 0) is 14.3 Å². The smallest absolute Gasteiger partial charge is 0.407 e. The normalized spacial score (nSPS) is 13.9. The minimum absolute atomic E-state index is 0.00248. The van der Waals surface area contributed by atoms with Gasteiger partial charge in [0.15, 0.2) is 0 Å². The Morgan fingerprint density at radius 3 is 2.15 bits per heavy atom. The number of rotatable bonds is 12. The number of hydrogen-bond donors (Lipinski definition) is 3. The molecule has 0 fully saturated rings. The van der Waals surface area contributed by atoms with Gasteiger partial charge in [-0.25, -0.2) is 4.79 Å². The standard InChI is InChI=1S/C27H34N2O5/c1-3-18(15-25(30)29-19(4-2)13-14-26(31)32)16-28-27(33)34-17-24-22-11-7-5-9-20(22)21-10-6-8-12-23(21)24/h5-12,18-19,24H,3-4,13-17H2,1-2H3,(H,28,33)(H,29,30)(H,31,32). The average Bonchev–Trinajstić information content (AvgIpc) is 3.16. The van der Waals surface area contributed by atoms with Gasteiger partial charge in [0.25, 0.3) is 0 Å². The third-order valence-electron chi connectivity index (χ3n) is 6.49. The van der Waals surface area contributed by atoms with Gasteiger partial charge in [-0.05, 0) is 41.0 Å². The lowest BCUT2D eigenvalue weighted by Crippen LogP contribution is -2.38. The molecule has 2 aromatic rings. The third kappa shape index (κ3) is 6.59. The van der Waals surface area contributed by atoms with Gasteiger partial charge in [0.2, 0.25) is 5.91 Å². The molecule has 3 rings (SSSR count). The van der Waals surface area contributed by atoms with Gasteiger partial charge < -0.3 is 20.5 Å². The van der Waals surface area contributed by atoms with Gasteiger partial charge in [0.1, 0.15) is 6.61 Å². The molecule has 7 nitrogen and oxygen atoms in total. The van der Waals surface area contributed by atoms with Crippen LogP contribution in [-0.4, -0.2) is 42.3 Å². The van der Waals surface area contributed by atoms with Crippen LogP contribution in [0.5, 0.6) is 0 Å². The Labute approximate surface area is 200 Å². The van der Waals surface area contributed by atoms with Crippen LogP contribution in [0.25, 0.3) is 11.1 Å². The first-order valence-corrected chi connectivity index (χ1v) is 12.0. The number of carboxylic acid groups (broad SMARTS) is 1. The van der Waals surface area contributed by atoms with Gasteiger partial charge in [0, 0.05) is 31.3 Å². The van der Waals surface area contributed by atoms with Crippen LogP contribution in [0.15, 0.2) is 48.5 Å². The highest BCUT2D eigenvalue weighted by Crippen LogP contribution is 2.44. The summed E-state index contributed by atoms with van der Waals surface area (Å²) < 4.78 is 5.57. The van der Waals surface area contributed by atoms with E-state index in [1.807, 2.05) is 38.1 Å². The van der Waals surface area contributed by atoms with E-state index < -0.39 is 12.1 Å². The van der Waals surface area contributed by atoms with Crippen LogP contribution in [0.2, 0.25) is 0 Å². The highest BCUT2D eigenvalue weighted by molar-refractivity contribution is 5.79. The molecular formula is C27H34N2O5. The zero-order valence-electron chi connectivity index (χ0n) is 19.9. The van der Waals surface area contributed by atoms with E-state index in [-0.39, 0.29) is 43.2 Å². The summed E-state index contributed by atoms with van der Waals surface area (Å²) >= 11 is 0.